The van der Waals surface area contributed by atoms with Crippen molar-refractivity contribution in [2.45, 2.75) is 25.8 Å². The first kappa shape index (κ1) is 13.9. The van der Waals surface area contributed by atoms with Crippen LogP contribution in [0.15, 0.2) is 6.07 Å². The fourth-order valence-electron chi connectivity index (χ4n) is 1.61. The smallest absolute Gasteiger partial charge is 0.203 e. The van der Waals surface area contributed by atoms with Crippen LogP contribution < -0.4 is 15.2 Å². The summed E-state index contributed by atoms with van der Waals surface area (Å²) in [5.41, 5.74) is 6.02. The molecule has 4 nitrogen and oxygen atoms in total. The maximum absolute atomic E-state index is 10.1. The number of hydrogen-bond acceptors (Lipinski definition) is 4. The summed E-state index contributed by atoms with van der Waals surface area (Å²) in [5.74, 6) is 0.653. The van der Waals surface area contributed by atoms with Gasteiger partial charge in [0.2, 0.25) is 5.75 Å². The van der Waals surface area contributed by atoms with E-state index in [9.17, 15) is 5.11 Å². The Hall–Kier alpha value is -1.13. The summed E-state index contributed by atoms with van der Waals surface area (Å²) < 4.78 is 10.2. The van der Waals surface area contributed by atoms with E-state index in [4.69, 9.17) is 26.8 Å². The van der Waals surface area contributed by atoms with Crippen molar-refractivity contribution < 1.29 is 14.6 Å². The van der Waals surface area contributed by atoms with Crippen molar-refractivity contribution in [3.05, 3.63) is 16.7 Å². The quantitative estimate of drug-likeness (QED) is 0.871. The molecule has 0 atom stereocenters. The third-order valence-electron chi connectivity index (χ3n) is 2.33. The van der Waals surface area contributed by atoms with E-state index < -0.39 is 5.54 Å². The number of benzene rings is 1. The van der Waals surface area contributed by atoms with Crippen LogP contribution in [0.3, 0.4) is 0 Å². The molecule has 0 radical (unpaired) electrons. The zero-order valence-corrected chi connectivity index (χ0v) is 11.3. The van der Waals surface area contributed by atoms with Crippen molar-refractivity contribution in [1.82, 2.24) is 0 Å². The summed E-state index contributed by atoms with van der Waals surface area (Å²) in [6.07, 6.45) is 0.442. The van der Waals surface area contributed by atoms with Crippen LogP contribution in [-0.2, 0) is 6.42 Å². The van der Waals surface area contributed by atoms with Crippen LogP contribution in [0.5, 0.6) is 17.2 Å². The molecular formula is C12H18ClNO3. The van der Waals surface area contributed by atoms with Gasteiger partial charge in [0, 0.05) is 17.2 Å². The summed E-state index contributed by atoms with van der Waals surface area (Å²) in [6, 6.07) is 1.61. The summed E-state index contributed by atoms with van der Waals surface area (Å²) in [5, 5.41) is 10.5. The number of aromatic hydroxyl groups is 1. The molecule has 17 heavy (non-hydrogen) atoms. The second-order valence-corrected chi connectivity index (χ2v) is 4.99. The average Bonchev–Trinajstić information content (AvgIpc) is 2.22. The van der Waals surface area contributed by atoms with Crippen LogP contribution in [-0.4, -0.2) is 24.9 Å². The maximum atomic E-state index is 10.1. The minimum Gasteiger partial charge on any atom is -0.504 e. The molecule has 1 rings (SSSR count). The molecule has 1 aromatic rings. The third kappa shape index (κ3) is 3.17. The molecule has 0 spiro atoms. The Morgan fingerprint density at radius 3 is 2.35 bits per heavy atom. The minimum absolute atomic E-state index is 0.0182. The zero-order valence-electron chi connectivity index (χ0n) is 10.5. The van der Waals surface area contributed by atoms with Crippen molar-refractivity contribution in [3.8, 4) is 17.2 Å². The molecule has 0 bridgehead atoms. The highest BCUT2D eigenvalue weighted by Gasteiger charge is 2.22. The van der Waals surface area contributed by atoms with Crippen LogP contribution in [0.1, 0.15) is 19.4 Å². The lowest BCUT2D eigenvalue weighted by Crippen LogP contribution is -2.34. The molecule has 0 saturated carbocycles. The van der Waals surface area contributed by atoms with Gasteiger partial charge < -0.3 is 20.3 Å². The van der Waals surface area contributed by atoms with Gasteiger partial charge in [0.25, 0.3) is 0 Å². The number of methoxy groups -OCH3 is 2. The fraction of sp³-hybridized carbons (Fsp3) is 0.500. The highest BCUT2D eigenvalue weighted by molar-refractivity contribution is 6.31. The Labute approximate surface area is 106 Å². The largest absolute Gasteiger partial charge is 0.504 e. The van der Waals surface area contributed by atoms with Gasteiger partial charge in [0.05, 0.1) is 19.2 Å². The predicted molar refractivity (Wildman–Crippen MR) is 68.2 cm³/mol. The summed E-state index contributed by atoms with van der Waals surface area (Å²) in [4.78, 5) is 0. The number of hydrogen-bond donors (Lipinski definition) is 2. The van der Waals surface area contributed by atoms with E-state index in [1.165, 1.54) is 14.2 Å². The summed E-state index contributed by atoms with van der Waals surface area (Å²) in [6.45, 7) is 3.72. The Morgan fingerprint density at radius 2 is 1.94 bits per heavy atom. The van der Waals surface area contributed by atoms with E-state index in [1.54, 1.807) is 6.07 Å². The number of ether oxygens (including phenoxy) is 2. The van der Waals surface area contributed by atoms with E-state index >= 15 is 0 Å². The van der Waals surface area contributed by atoms with Gasteiger partial charge in [0.15, 0.2) is 11.5 Å². The lowest BCUT2D eigenvalue weighted by Gasteiger charge is -2.21. The number of halogens is 1. The van der Waals surface area contributed by atoms with Gasteiger partial charge in [-0.2, -0.15) is 0 Å². The molecule has 0 aliphatic carbocycles. The second-order valence-electron chi connectivity index (χ2n) is 4.59. The van der Waals surface area contributed by atoms with Gasteiger partial charge in [-0.15, -0.1) is 0 Å². The molecule has 5 heteroatoms. The first-order chi connectivity index (χ1) is 7.80. The standard InChI is InChI=1S/C12H18ClNO3/c1-12(2,14)6-7-8(13)5-9(16-3)11(17-4)10(7)15/h5,15H,6,14H2,1-4H3. The van der Waals surface area contributed by atoms with Crippen molar-refractivity contribution in [2.75, 3.05) is 14.2 Å². The van der Waals surface area contributed by atoms with Crippen molar-refractivity contribution >= 4 is 11.6 Å². The van der Waals surface area contributed by atoms with Crippen LogP contribution in [0, 0.1) is 0 Å². The monoisotopic (exact) mass is 259 g/mol. The SMILES string of the molecule is COc1cc(Cl)c(CC(C)(C)N)c(O)c1OC. The van der Waals surface area contributed by atoms with Crippen LogP contribution in [0.25, 0.3) is 0 Å². The summed E-state index contributed by atoms with van der Waals surface area (Å²) in [7, 11) is 2.95. The van der Waals surface area contributed by atoms with Gasteiger partial charge in [-0.25, -0.2) is 0 Å². The van der Waals surface area contributed by atoms with Crippen molar-refractivity contribution in [2.24, 2.45) is 5.73 Å². The molecule has 1 aromatic carbocycles. The molecule has 0 heterocycles. The van der Waals surface area contributed by atoms with E-state index in [0.717, 1.165) is 0 Å². The number of rotatable bonds is 4. The average molecular weight is 260 g/mol. The molecule has 0 amide bonds. The molecule has 0 aromatic heterocycles. The number of phenols is 1. The molecule has 0 aliphatic rings. The normalized spacial score (nSPS) is 11.4. The number of nitrogens with two attached hydrogens (primary N) is 1. The van der Waals surface area contributed by atoms with E-state index in [1.807, 2.05) is 13.8 Å². The highest BCUT2D eigenvalue weighted by Crippen LogP contribution is 2.43. The molecule has 0 saturated heterocycles. The lowest BCUT2D eigenvalue weighted by atomic mass is 9.95. The topological polar surface area (TPSA) is 64.7 Å². The van der Waals surface area contributed by atoms with Gasteiger partial charge in [-0.3, -0.25) is 0 Å². The third-order valence-corrected chi connectivity index (χ3v) is 2.66. The minimum atomic E-state index is -0.472. The predicted octanol–water partition coefficient (Wildman–Crippen LogP) is 2.34. The van der Waals surface area contributed by atoms with E-state index in [-0.39, 0.29) is 11.5 Å². The Balaban J connectivity index is 3.32. The Bertz CT molecular complexity index is 413. The van der Waals surface area contributed by atoms with Crippen molar-refractivity contribution in [3.63, 3.8) is 0 Å². The maximum Gasteiger partial charge on any atom is 0.203 e. The molecule has 0 aliphatic heterocycles. The molecule has 0 unspecified atom stereocenters. The summed E-state index contributed by atoms with van der Waals surface area (Å²) >= 11 is 6.10. The van der Waals surface area contributed by atoms with E-state index in [0.29, 0.717) is 22.8 Å². The molecule has 96 valence electrons. The van der Waals surface area contributed by atoms with Crippen molar-refractivity contribution in [1.29, 1.82) is 0 Å². The fourth-order valence-corrected chi connectivity index (χ4v) is 1.86. The van der Waals surface area contributed by atoms with E-state index in [2.05, 4.69) is 0 Å². The molecular weight excluding hydrogens is 242 g/mol. The molecule has 3 N–H and O–H groups in total. The lowest BCUT2D eigenvalue weighted by molar-refractivity contribution is 0.330. The van der Waals surface area contributed by atoms with Gasteiger partial charge in [0.1, 0.15) is 0 Å². The molecule has 0 fully saturated rings. The Kier molecular flexibility index (Phi) is 4.11. The van der Waals surface area contributed by atoms with Gasteiger partial charge >= 0.3 is 0 Å². The van der Waals surface area contributed by atoms with Crippen LogP contribution >= 0.6 is 11.6 Å². The first-order valence-electron chi connectivity index (χ1n) is 5.21. The van der Waals surface area contributed by atoms with Gasteiger partial charge in [-0.1, -0.05) is 11.6 Å². The van der Waals surface area contributed by atoms with Crippen LogP contribution in [0.2, 0.25) is 5.02 Å². The second kappa shape index (κ2) is 5.02. The first-order valence-corrected chi connectivity index (χ1v) is 5.59. The highest BCUT2D eigenvalue weighted by atomic mass is 35.5. The zero-order chi connectivity index (χ0) is 13.2. The van der Waals surface area contributed by atoms with Gasteiger partial charge in [-0.05, 0) is 20.3 Å². The van der Waals surface area contributed by atoms with Crippen LogP contribution in [0.4, 0.5) is 0 Å². The Morgan fingerprint density at radius 1 is 1.35 bits per heavy atom. The number of phenolic OH excluding ortho intramolecular Hbond substituents is 1.